The third-order valence-electron chi connectivity index (χ3n) is 2.14. The standard InChI is InChI=1S/C9H8ClNO3/c10-7-3-5-6(11)2-1-4(9(12)13)8(5)14-7/h1-2,7H,3,11H2,(H,12,13)/t7-/m1/s1. The van der Waals surface area contributed by atoms with Crippen LogP contribution in [0.5, 0.6) is 5.75 Å². The lowest BCUT2D eigenvalue weighted by Crippen LogP contribution is -2.04. The SMILES string of the molecule is Nc1ccc(C(=O)O)c2c1C[C@H](Cl)O2. The highest BCUT2D eigenvalue weighted by atomic mass is 35.5. The highest BCUT2D eigenvalue weighted by molar-refractivity contribution is 6.20. The fourth-order valence-corrected chi connectivity index (χ4v) is 1.73. The molecule has 1 aliphatic rings. The number of aromatic carboxylic acids is 1. The van der Waals surface area contributed by atoms with Crippen LogP contribution in [0.3, 0.4) is 0 Å². The first-order valence-electron chi connectivity index (χ1n) is 4.05. The highest BCUT2D eigenvalue weighted by Gasteiger charge is 2.27. The van der Waals surface area contributed by atoms with Crippen molar-refractivity contribution >= 4 is 23.3 Å². The number of halogens is 1. The summed E-state index contributed by atoms with van der Waals surface area (Å²) in [5.41, 5.74) is 6.47. The van der Waals surface area contributed by atoms with Crippen LogP contribution in [0.2, 0.25) is 0 Å². The van der Waals surface area contributed by atoms with Crippen molar-refractivity contribution in [2.24, 2.45) is 0 Å². The number of hydrogen-bond donors (Lipinski definition) is 2. The van der Waals surface area contributed by atoms with Gasteiger partial charge in [0.15, 0.2) is 5.56 Å². The second kappa shape index (κ2) is 3.06. The van der Waals surface area contributed by atoms with Gasteiger partial charge < -0.3 is 15.6 Å². The minimum Gasteiger partial charge on any atom is -0.478 e. The monoisotopic (exact) mass is 213 g/mol. The van der Waals surface area contributed by atoms with Gasteiger partial charge in [-0.3, -0.25) is 0 Å². The zero-order valence-corrected chi connectivity index (χ0v) is 7.91. The molecule has 0 bridgehead atoms. The van der Waals surface area contributed by atoms with E-state index in [1.54, 1.807) is 6.07 Å². The maximum Gasteiger partial charge on any atom is 0.339 e. The molecule has 5 heteroatoms. The highest BCUT2D eigenvalue weighted by Crippen LogP contribution is 2.37. The lowest BCUT2D eigenvalue weighted by molar-refractivity contribution is 0.0693. The van der Waals surface area contributed by atoms with Gasteiger partial charge in [-0.05, 0) is 12.1 Å². The molecule has 0 radical (unpaired) electrons. The van der Waals surface area contributed by atoms with E-state index >= 15 is 0 Å². The van der Waals surface area contributed by atoms with Crippen LogP contribution in [-0.2, 0) is 6.42 Å². The molecular formula is C9H8ClNO3. The summed E-state index contributed by atoms with van der Waals surface area (Å²) in [7, 11) is 0. The van der Waals surface area contributed by atoms with E-state index in [4.69, 9.17) is 27.2 Å². The number of carboxylic acid groups (broad SMARTS) is 1. The molecule has 1 aromatic carbocycles. The molecule has 14 heavy (non-hydrogen) atoms. The Morgan fingerprint density at radius 2 is 2.36 bits per heavy atom. The molecule has 4 nitrogen and oxygen atoms in total. The number of carboxylic acids is 1. The Kier molecular flexibility index (Phi) is 2.00. The van der Waals surface area contributed by atoms with Gasteiger partial charge >= 0.3 is 5.97 Å². The van der Waals surface area contributed by atoms with Gasteiger partial charge in [0.2, 0.25) is 0 Å². The van der Waals surface area contributed by atoms with Crippen molar-refractivity contribution in [2.45, 2.75) is 12.0 Å². The summed E-state index contributed by atoms with van der Waals surface area (Å²) in [6, 6.07) is 2.98. The zero-order valence-electron chi connectivity index (χ0n) is 7.16. The molecule has 0 aliphatic carbocycles. The number of hydrogen-bond acceptors (Lipinski definition) is 3. The summed E-state index contributed by atoms with van der Waals surface area (Å²) in [5, 5.41) is 8.86. The summed E-state index contributed by atoms with van der Waals surface area (Å²) in [5.74, 6) is -0.732. The van der Waals surface area contributed by atoms with Gasteiger partial charge in [0.05, 0.1) is 0 Å². The molecule has 0 saturated heterocycles. The van der Waals surface area contributed by atoms with Crippen LogP contribution in [0.15, 0.2) is 12.1 Å². The first kappa shape index (κ1) is 9.15. The van der Waals surface area contributed by atoms with Crippen LogP contribution in [0.4, 0.5) is 5.69 Å². The maximum atomic E-state index is 10.8. The smallest absolute Gasteiger partial charge is 0.339 e. The Morgan fingerprint density at radius 1 is 1.64 bits per heavy atom. The number of rotatable bonds is 1. The quantitative estimate of drug-likeness (QED) is 0.547. The van der Waals surface area contributed by atoms with Gasteiger partial charge in [-0.25, -0.2) is 4.79 Å². The number of carbonyl (C=O) groups is 1. The molecule has 0 amide bonds. The predicted octanol–water partition coefficient (Wildman–Crippen LogP) is 1.47. The predicted molar refractivity (Wildman–Crippen MR) is 51.8 cm³/mol. The van der Waals surface area contributed by atoms with Gasteiger partial charge in [0.1, 0.15) is 11.3 Å². The number of ether oxygens (including phenoxy) is 1. The maximum absolute atomic E-state index is 10.8. The van der Waals surface area contributed by atoms with E-state index in [2.05, 4.69) is 0 Å². The Morgan fingerprint density at radius 3 is 3.00 bits per heavy atom. The lowest BCUT2D eigenvalue weighted by Gasteiger charge is -2.05. The van der Waals surface area contributed by atoms with Crippen molar-refractivity contribution in [3.05, 3.63) is 23.3 Å². The van der Waals surface area contributed by atoms with Crippen molar-refractivity contribution < 1.29 is 14.6 Å². The molecule has 2 rings (SSSR count). The molecule has 74 valence electrons. The van der Waals surface area contributed by atoms with Crippen molar-refractivity contribution in [1.29, 1.82) is 0 Å². The molecule has 3 N–H and O–H groups in total. The summed E-state index contributed by atoms with van der Waals surface area (Å²) >= 11 is 5.76. The van der Waals surface area contributed by atoms with E-state index in [9.17, 15) is 4.79 Å². The topological polar surface area (TPSA) is 72.6 Å². The van der Waals surface area contributed by atoms with Crippen molar-refractivity contribution in [2.75, 3.05) is 5.73 Å². The summed E-state index contributed by atoms with van der Waals surface area (Å²) < 4.78 is 5.18. The van der Waals surface area contributed by atoms with Crippen LogP contribution in [0, 0.1) is 0 Å². The van der Waals surface area contributed by atoms with E-state index in [0.717, 1.165) is 0 Å². The average Bonchev–Trinajstić information content (AvgIpc) is 2.47. The van der Waals surface area contributed by atoms with Crippen LogP contribution in [-0.4, -0.2) is 16.6 Å². The van der Waals surface area contributed by atoms with Gasteiger partial charge in [-0.1, -0.05) is 11.6 Å². The molecule has 1 aromatic rings. The molecule has 1 atom stereocenters. The van der Waals surface area contributed by atoms with E-state index in [-0.39, 0.29) is 5.56 Å². The number of benzene rings is 1. The Balaban J connectivity index is 2.59. The van der Waals surface area contributed by atoms with Gasteiger partial charge in [-0.15, -0.1) is 0 Å². The Hall–Kier alpha value is -1.42. The third kappa shape index (κ3) is 1.28. The number of nitrogens with two attached hydrogens (primary N) is 1. The van der Waals surface area contributed by atoms with Crippen molar-refractivity contribution in [1.82, 2.24) is 0 Å². The first-order chi connectivity index (χ1) is 6.59. The van der Waals surface area contributed by atoms with Crippen LogP contribution in [0.25, 0.3) is 0 Å². The Labute approximate surface area is 85.2 Å². The van der Waals surface area contributed by atoms with Crippen molar-refractivity contribution in [3.63, 3.8) is 0 Å². The third-order valence-corrected chi connectivity index (χ3v) is 2.38. The molecular weight excluding hydrogens is 206 g/mol. The number of alkyl halides is 1. The average molecular weight is 214 g/mol. The van der Waals surface area contributed by atoms with Crippen LogP contribution in [0.1, 0.15) is 15.9 Å². The molecule has 0 aromatic heterocycles. The second-order valence-electron chi connectivity index (χ2n) is 3.05. The molecule has 0 fully saturated rings. The van der Waals surface area contributed by atoms with E-state index < -0.39 is 11.5 Å². The van der Waals surface area contributed by atoms with Gasteiger partial charge in [0.25, 0.3) is 0 Å². The van der Waals surface area contributed by atoms with Gasteiger partial charge in [0, 0.05) is 17.7 Å². The summed E-state index contributed by atoms with van der Waals surface area (Å²) in [6.07, 6.45) is 0.448. The summed E-state index contributed by atoms with van der Waals surface area (Å²) in [4.78, 5) is 10.8. The molecule has 0 spiro atoms. The summed E-state index contributed by atoms with van der Waals surface area (Å²) in [6.45, 7) is 0. The lowest BCUT2D eigenvalue weighted by atomic mass is 10.1. The van der Waals surface area contributed by atoms with E-state index in [1.165, 1.54) is 6.07 Å². The van der Waals surface area contributed by atoms with E-state index in [0.29, 0.717) is 23.4 Å². The number of nitrogen functional groups attached to an aromatic ring is 1. The number of anilines is 1. The van der Waals surface area contributed by atoms with Gasteiger partial charge in [-0.2, -0.15) is 0 Å². The van der Waals surface area contributed by atoms with E-state index in [1.807, 2.05) is 0 Å². The minimum atomic E-state index is -1.04. The largest absolute Gasteiger partial charge is 0.478 e. The van der Waals surface area contributed by atoms with Crippen LogP contribution < -0.4 is 10.5 Å². The fourth-order valence-electron chi connectivity index (χ4n) is 1.49. The van der Waals surface area contributed by atoms with Crippen molar-refractivity contribution in [3.8, 4) is 5.75 Å². The van der Waals surface area contributed by atoms with Crippen LogP contribution >= 0.6 is 11.6 Å². The fraction of sp³-hybridized carbons (Fsp3) is 0.222. The zero-order chi connectivity index (χ0) is 10.3. The molecule has 1 aliphatic heterocycles. The Bertz CT molecular complexity index is 405. The molecule has 0 saturated carbocycles. The molecule has 0 unspecified atom stereocenters. The first-order valence-corrected chi connectivity index (χ1v) is 4.48. The molecule has 1 heterocycles. The number of fused-ring (bicyclic) bond motifs is 1. The minimum absolute atomic E-state index is 0.109. The second-order valence-corrected chi connectivity index (χ2v) is 3.53. The normalized spacial score (nSPS) is 18.8.